The van der Waals surface area contributed by atoms with Crippen LogP contribution < -0.4 is 10.6 Å². The standard InChI is InChI=1S/C26H24N6OS2/c1-15(2)28-12-17-11-21-26(29-13-17)35-25(32-21)19-8-4-5-9-20(19)31-23(33)22-16(3)30-24(34-22)18-7-6-10-27-14-18/h4-11,13-15,28H,12H2,1-3H3,(H,31,33). The highest BCUT2D eigenvalue weighted by Gasteiger charge is 2.19. The second kappa shape index (κ2) is 9.99. The molecule has 0 unspecified atom stereocenters. The topological polar surface area (TPSA) is 92.7 Å². The van der Waals surface area contributed by atoms with Crippen molar-refractivity contribution in [2.24, 2.45) is 0 Å². The summed E-state index contributed by atoms with van der Waals surface area (Å²) in [6.45, 7) is 6.83. The number of amides is 1. The SMILES string of the molecule is Cc1nc(-c2cccnc2)sc1C(=O)Nc1ccccc1-c1nc2cc(CNC(C)C)cnc2s1. The minimum absolute atomic E-state index is 0.191. The van der Waals surface area contributed by atoms with Crippen LogP contribution in [0.5, 0.6) is 0 Å². The summed E-state index contributed by atoms with van der Waals surface area (Å²) in [6, 6.07) is 14.0. The minimum Gasteiger partial charge on any atom is -0.321 e. The van der Waals surface area contributed by atoms with Gasteiger partial charge in [0.25, 0.3) is 5.91 Å². The van der Waals surface area contributed by atoms with Crippen LogP contribution in [0.3, 0.4) is 0 Å². The number of fused-ring (bicyclic) bond motifs is 1. The summed E-state index contributed by atoms with van der Waals surface area (Å²) < 4.78 is 0. The van der Waals surface area contributed by atoms with Crippen molar-refractivity contribution in [3.8, 4) is 21.1 Å². The molecule has 0 aliphatic heterocycles. The maximum atomic E-state index is 13.2. The molecule has 0 fully saturated rings. The monoisotopic (exact) mass is 500 g/mol. The van der Waals surface area contributed by atoms with Crippen molar-refractivity contribution in [2.75, 3.05) is 5.32 Å². The van der Waals surface area contributed by atoms with Crippen LogP contribution in [0, 0.1) is 6.92 Å². The molecule has 0 bridgehead atoms. The number of aryl methyl sites for hydroxylation is 1. The lowest BCUT2D eigenvalue weighted by molar-refractivity contribution is 0.103. The van der Waals surface area contributed by atoms with Gasteiger partial charge in [0.2, 0.25) is 0 Å². The second-order valence-corrected chi connectivity index (χ2v) is 10.4. The Bertz CT molecular complexity index is 1490. The average Bonchev–Trinajstić information content (AvgIpc) is 3.47. The number of pyridine rings is 2. The lowest BCUT2D eigenvalue weighted by atomic mass is 10.2. The zero-order valence-electron chi connectivity index (χ0n) is 19.6. The van der Waals surface area contributed by atoms with E-state index in [4.69, 9.17) is 4.98 Å². The maximum Gasteiger partial charge on any atom is 0.267 e. The van der Waals surface area contributed by atoms with Crippen molar-refractivity contribution in [3.05, 3.63) is 77.2 Å². The molecule has 176 valence electrons. The van der Waals surface area contributed by atoms with Gasteiger partial charge in [-0.1, -0.05) is 37.3 Å². The van der Waals surface area contributed by atoms with Crippen LogP contribution in [0.15, 0.2) is 61.1 Å². The summed E-state index contributed by atoms with van der Waals surface area (Å²) in [6.07, 6.45) is 5.36. The molecular weight excluding hydrogens is 476 g/mol. The molecule has 4 aromatic heterocycles. The van der Waals surface area contributed by atoms with Gasteiger partial charge in [-0.15, -0.1) is 11.3 Å². The molecule has 1 amide bonds. The van der Waals surface area contributed by atoms with Crippen molar-refractivity contribution in [3.63, 3.8) is 0 Å². The smallest absolute Gasteiger partial charge is 0.267 e. The molecule has 35 heavy (non-hydrogen) atoms. The molecule has 0 aliphatic rings. The summed E-state index contributed by atoms with van der Waals surface area (Å²) in [7, 11) is 0. The third-order valence-electron chi connectivity index (χ3n) is 5.34. The van der Waals surface area contributed by atoms with Gasteiger partial charge in [0.05, 0.1) is 11.4 Å². The number of thiazole rings is 2. The molecule has 1 aromatic carbocycles. The number of para-hydroxylation sites is 1. The summed E-state index contributed by atoms with van der Waals surface area (Å²) in [5.74, 6) is -0.191. The van der Waals surface area contributed by atoms with E-state index in [9.17, 15) is 4.79 Å². The molecule has 2 N–H and O–H groups in total. The number of anilines is 1. The van der Waals surface area contributed by atoms with Gasteiger partial charge < -0.3 is 10.6 Å². The molecule has 5 aromatic rings. The van der Waals surface area contributed by atoms with E-state index in [1.807, 2.05) is 49.5 Å². The van der Waals surface area contributed by atoms with Gasteiger partial charge in [0.15, 0.2) is 0 Å². The van der Waals surface area contributed by atoms with E-state index < -0.39 is 0 Å². The molecule has 0 spiro atoms. The van der Waals surface area contributed by atoms with Crippen molar-refractivity contribution in [1.29, 1.82) is 0 Å². The number of nitrogens with one attached hydrogen (secondary N) is 2. The summed E-state index contributed by atoms with van der Waals surface area (Å²) in [4.78, 5) is 32.8. The Morgan fingerprint density at radius 1 is 1.03 bits per heavy atom. The zero-order valence-corrected chi connectivity index (χ0v) is 21.2. The summed E-state index contributed by atoms with van der Waals surface area (Å²) in [5, 5.41) is 8.07. The molecule has 9 heteroatoms. The Labute approximate surface area is 211 Å². The van der Waals surface area contributed by atoms with E-state index in [0.29, 0.717) is 22.3 Å². The summed E-state index contributed by atoms with van der Waals surface area (Å²) >= 11 is 2.88. The molecule has 0 aliphatic carbocycles. The van der Waals surface area contributed by atoms with Crippen molar-refractivity contribution < 1.29 is 4.79 Å². The second-order valence-electron chi connectivity index (χ2n) is 8.40. The fraction of sp³-hybridized carbons (Fsp3) is 0.192. The number of aromatic nitrogens is 4. The Morgan fingerprint density at radius 3 is 2.69 bits per heavy atom. The Morgan fingerprint density at radius 2 is 1.89 bits per heavy atom. The van der Waals surface area contributed by atoms with Crippen LogP contribution in [-0.4, -0.2) is 31.9 Å². The number of hydrogen-bond donors (Lipinski definition) is 2. The fourth-order valence-electron chi connectivity index (χ4n) is 3.58. The lowest BCUT2D eigenvalue weighted by Crippen LogP contribution is -2.21. The first kappa shape index (κ1) is 23.2. The molecule has 0 atom stereocenters. The first-order chi connectivity index (χ1) is 17.0. The first-order valence-corrected chi connectivity index (χ1v) is 12.9. The van der Waals surface area contributed by atoms with Gasteiger partial charge in [-0.3, -0.25) is 9.78 Å². The van der Waals surface area contributed by atoms with Gasteiger partial charge in [0.1, 0.15) is 25.2 Å². The fourth-order valence-corrected chi connectivity index (χ4v) is 5.46. The van der Waals surface area contributed by atoms with Crippen LogP contribution in [0.4, 0.5) is 5.69 Å². The largest absolute Gasteiger partial charge is 0.321 e. The zero-order chi connectivity index (χ0) is 24.4. The van der Waals surface area contributed by atoms with Crippen LogP contribution in [0.25, 0.3) is 31.5 Å². The van der Waals surface area contributed by atoms with Crippen LogP contribution in [0.2, 0.25) is 0 Å². The average molecular weight is 501 g/mol. The number of benzene rings is 1. The van der Waals surface area contributed by atoms with Crippen molar-refractivity contribution >= 4 is 44.6 Å². The third-order valence-corrected chi connectivity index (χ3v) is 7.55. The predicted octanol–water partition coefficient (Wildman–Crippen LogP) is 5.94. The highest BCUT2D eigenvalue weighted by molar-refractivity contribution is 7.21. The molecule has 0 saturated heterocycles. The minimum atomic E-state index is -0.191. The number of rotatable bonds is 7. The summed E-state index contributed by atoms with van der Waals surface area (Å²) in [5.41, 5.74) is 5.10. The van der Waals surface area contributed by atoms with E-state index in [1.54, 1.807) is 12.4 Å². The van der Waals surface area contributed by atoms with E-state index >= 15 is 0 Å². The molecule has 0 radical (unpaired) electrons. The van der Waals surface area contributed by atoms with Crippen LogP contribution in [0.1, 0.15) is 34.8 Å². The van der Waals surface area contributed by atoms with Crippen molar-refractivity contribution in [2.45, 2.75) is 33.4 Å². The van der Waals surface area contributed by atoms with E-state index in [1.165, 1.54) is 22.7 Å². The quantitative estimate of drug-likeness (QED) is 0.287. The van der Waals surface area contributed by atoms with E-state index in [-0.39, 0.29) is 5.91 Å². The van der Waals surface area contributed by atoms with Gasteiger partial charge in [-0.25, -0.2) is 15.0 Å². The number of nitrogens with zero attached hydrogens (tertiary/aromatic N) is 4. The van der Waals surface area contributed by atoms with Gasteiger partial charge in [-0.2, -0.15) is 0 Å². The van der Waals surface area contributed by atoms with Gasteiger partial charge >= 0.3 is 0 Å². The molecular formula is C26H24N6OS2. The Balaban J connectivity index is 1.41. The van der Waals surface area contributed by atoms with Gasteiger partial charge in [0, 0.05) is 42.3 Å². The predicted molar refractivity (Wildman–Crippen MR) is 143 cm³/mol. The van der Waals surface area contributed by atoms with Crippen LogP contribution >= 0.6 is 22.7 Å². The highest BCUT2D eigenvalue weighted by atomic mass is 32.1. The third kappa shape index (κ3) is 5.12. The first-order valence-electron chi connectivity index (χ1n) is 11.3. The van der Waals surface area contributed by atoms with Gasteiger partial charge in [-0.05, 0) is 42.8 Å². The highest BCUT2D eigenvalue weighted by Crippen LogP contribution is 2.35. The van der Waals surface area contributed by atoms with E-state index in [0.717, 1.165) is 43.6 Å². The number of carbonyl (C=O) groups excluding carboxylic acids is 1. The normalized spacial score (nSPS) is 11.3. The Hall–Kier alpha value is -3.53. The Kier molecular flexibility index (Phi) is 6.63. The van der Waals surface area contributed by atoms with Crippen molar-refractivity contribution in [1.82, 2.24) is 25.3 Å². The molecule has 4 heterocycles. The molecule has 0 saturated carbocycles. The lowest BCUT2D eigenvalue weighted by Gasteiger charge is -2.08. The number of hydrogen-bond acceptors (Lipinski definition) is 8. The molecule has 7 nitrogen and oxygen atoms in total. The number of carbonyl (C=O) groups is 1. The van der Waals surface area contributed by atoms with Crippen LogP contribution in [-0.2, 0) is 6.54 Å². The maximum absolute atomic E-state index is 13.2. The molecule has 5 rings (SSSR count). The van der Waals surface area contributed by atoms with E-state index in [2.05, 4.69) is 45.5 Å².